The summed E-state index contributed by atoms with van der Waals surface area (Å²) in [7, 11) is 0. The maximum absolute atomic E-state index is 13.0. The molecule has 0 saturated heterocycles. The van der Waals surface area contributed by atoms with E-state index in [2.05, 4.69) is 10.3 Å². The van der Waals surface area contributed by atoms with E-state index in [1.54, 1.807) is 12.1 Å². The molecule has 5 heteroatoms. The summed E-state index contributed by atoms with van der Waals surface area (Å²) in [6, 6.07) is 7.96. The van der Waals surface area contributed by atoms with E-state index in [9.17, 15) is 9.18 Å². The Morgan fingerprint density at radius 1 is 1.40 bits per heavy atom. The Labute approximate surface area is 116 Å². The number of aromatic nitrogens is 1. The zero-order valence-electron chi connectivity index (χ0n) is 11.2. The number of halogens is 1. The van der Waals surface area contributed by atoms with Gasteiger partial charge in [0, 0.05) is 24.1 Å². The zero-order valence-corrected chi connectivity index (χ0v) is 11.2. The molecule has 1 aromatic heterocycles. The Bertz CT molecular complexity index is 628. The first kappa shape index (κ1) is 14.0. The molecule has 20 heavy (non-hydrogen) atoms. The van der Waals surface area contributed by atoms with Gasteiger partial charge in [-0.1, -0.05) is 12.1 Å². The van der Waals surface area contributed by atoms with Crippen molar-refractivity contribution in [3.05, 3.63) is 59.2 Å². The van der Waals surface area contributed by atoms with Crippen molar-refractivity contribution in [3.63, 3.8) is 0 Å². The summed E-state index contributed by atoms with van der Waals surface area (Å²) in [6.45, 7) is 2.22. The van der Waals surface area contributed by atoms with Gasteiger partial charge >= 0.3 is 0 Å². The van der Waals surface area contributed by atoms with E-state index in [0.717, 1.165) is 11.3 Å². The number of nitrogens with two attached hydrogens (primary N) is 1. The molecule has 1 amide bonds. The first-order valence-corrected chi connectivity index (χ1v) is 6.31. The van der Waals surface area contributed by atoms with Gasteiger partial charge in [-0.05, 0) is 37.1 Å². The van der Waals surface area contributed by atoms with Crippen LogP contribution >= 0.6 is 0 Å². The minimum absolute atomic E-state index is 0.272. The number of aryl methyl sites for hydroxylation is 1. The lowest BCUT2D eigenvalue weighted by Crippen LogP contribution is -2.26. The molecule has 0 aliphatic carbocycles. The Kier molecular flexibility index (Phi) is 4.30. The van der Waals surface area contributed by atoms with Gasteiger partial charge in [-0.15, -0.1) is 0 Å². The number of nitrogen functional groups attached to an aromatic ring is 1. The van der Waals surface area contributed by atoms with Crippen LogP contribution in [0.4, 0.5) is 10.1 Å². The molecule has 1 aromatic carbocycles. The molecule has 4 nitrogen and oxygen atoms in total. The third kappa shape index (κ3) is 3.54. The summed E-state index contributed by atoms with van der Waals surface area (Å²) in [6.07, 6.45) is 2.02. The molecular formula is C15H16FN3O. The van der Waals surface area contributed by atoms with Gasteiger partial charge in [-0.2, -0.15) is 0 Å². The lowest BCUT2D eigenvalue weighted by Gasteiger charge is -2.08. The molecule has 1 heterocycles. The number of rotatable bonds is 4. The smallest absolute Gasteiger partial charge is 0.254 e. The molecular weight excluding hydrogens is 257 g/mol. The number of carbonyl (C=O) groups excluding carboxylic acids is 1. The predicted molar refractivity (Wildman–Crippen MR) is 75.8 cm³/mol. The van der Waals surface area contributed by atoms with Crippen LogP contribution in [0.3, 0.4) is 0 Å². The number of benzene rings is 1. The molecule has 2 aromatic rings. The lowest BCUT2D eigenvalue weighted by molar-refractivity contribution is 0.0954. The van der Waals surface area contributed by atoms with Gasteiger partial charge in [0.1, 0.15) is 5.82 Å². The van der Waals surface area contributed by atoms with Crippen LogP contribution < -0.4 is 11.1 Å². The van der Waals surface area contributed by atoms with Crippen molar-refractivity contribution in [2.45, 2.75) is 13.3 Å². The summed E-state index contributed by atoms with van der Waals surface area (Å²) >= 11 is 0. The second-order valence-electron chi connectivity index (χ2n) is 4.55. The normalized spacial score (nSPS) is 10.3. The molecule has 0 aliphatic heterocycles. The van der Waals surface area contributed by atoms with Crippen LogP contribution in [0.25, 0.3) is 0 Å². The number of hydrogen-bond acceptors (Lipinski definition) is 3. The summed E-state index contributed by atoms with van der Waals surface area (Å²) in [5, 5.41) is 2.75. The number of nitrogens with one attached hydrogen (secondary N) is 1. The number of amides is 1. The average molecular weight is 273 g/mol. The topological polar surface area (TPSA) is 68.0 Å². The minimum atomic E-state index is -0.277. The molecule has 0 radical (unpaired) electrons. The van der Waals surface area contributed by atoms with Gasteiger partial charge in [0.2, 0.25) is 0 Å². The quantitative estimate of drug-likeness (QED) is 0.896. The van der Waals surface area contributed by atoms with Crippen LogP contribution in [0.2, 0.25) is 0 Å². The van der Waals surface area contributed by atoms with E-state index in [1.165, 1.54) is 18.3 Å². The molecule has 0 unspecified atom stereocenters. The van der Waals surface area contributed by atoms with Crippen LogP contribution in [-0.4, -0.2) is 17.4 Å². The monoisotopic (exact) mass is 273 g/mol. The van der Waals surface area contributed by atoms with Crippen molar-refractivity contribution in [2.75, 3.05) is 12.3 Å². The maximum Gasteiger partial charge on any atom is 0.254 e. The molecule has 0 saturated carbocycles. The molecule has 0 aliphatic rings. The fourth-order valence-electron chi connectivity index (χ4n) is 1.88. The number of nitrogens with zero attached hydrogens (tertiary/aromatic N) is 1. The summed E-state index contributed by atoms with van der Waals surface area (Å²) < 4.78 is 13.0. The van der Waals surface area contributed by atoms with Crippen LogP contribution in [0.15, 0.2) is 36.5 Å². The van der Waals surface area contributed by atoms with Crippen LogP contribution in [0.1, 0.15) is 21.6 Å². The van der Waals surface area contributed by atoms with Crippen molar-refractivity contribution in [3.8, 4) is 0 Å². The van der Waals surface area contributed by atoms with Gasteiger partial charge < -0.3 is 11.1 Å². The Morgan fingerprint density at radius 2 is 2.20 bits per heavy atom. The Hall–Kier alpha value is -2.43. The fraction of sp³-hybridized carbons (Fsp3) is 0.200. The molecule has 0 bridgehead atoms. The third-order valence-corrected chi connectivity index (χ3v) is 2.91. The largest absolute Gasteiger partial charge is 0.398 e. The zero-order chi connectivity index (χ0) is 14.5. The van der Waals surface area contributed by atoms with Crippen molar-refractivity contribution in [1.82, 2.24) is 10.3 Å². The van der Waals surface area contributed by atoms with Crippen LogP contribution in [0.5, 0.6) is 0 Å². The van der Waals surface area contributed by atoms with Crippen LogP contribution in [-0.2, 0) is 6.42 Å². The molecule has 0 spiro atoms. The van der Waals surface area contributed by atoms with Gasteiger partial charge in [0.15, 0.2) is 0 Å². The number of hydrogen-bond donors (Lipinski definition) is 2. The Balaban J connectivity index is 1.92. The summed E-state index contributed by atoms with van der Waals surface area (Å²) in [4.78, 5) is 16.0. The standard InChI is InChI=1S/C15H16FN3O/c1-10-7-14(17)13(9-19-10)15(20)18-6-5-11-3-2-4-12(16)8-11/h2-4,7-9H,5-6H2,1H3,(H2,17,19)(H,18,20). The van der Waals surface area contributed by atoms with Crippen molar-refractivity contribution in [1.29, 1.82) is 0 Å². The van der Waals surface area contributed by atoms with Crippen molar-refractivity contribution >= 4 is 11.6 Å². The van der Waals surface area contributed by atoms with Crippen LogP contribution in [0, 0.1) is 12.7 Å². The van der Waals surface area contributed by atoms with Gasteiger partial charge in [0.25, 0.3) is 5.91 Å². The van der Waals surface area contributed by atoms with E-state index in [4.69, 9.17) is 5.73 Å². The van der Waals surface area contributed by atoms with E-state index < -0.39 is 0 Å². The highest BCUT2D eigenvalue weighted by atomic mass is 19.1. The lowest BCUT2D eigenvalue weighted by atomic mass is 10.1. The molecule has 0 atom stereocenters. The first-order chi connectivity index (χ1) is 9.56. The second-order valence-corrected chi connectivity index (χ2v) is 4.55. The highest BCUT2D eigenvalue weighted by molar-refractivity contribution is 5.98. The third-order valence-electron chi connectivity index (χ3n) is 2.91. The summed E-state index contributed by atoms with van der Waals surface area (Å²) in [5.41, 5.74) is 8.13. The number of anilines is 1. The fourth-order valence-corrected chi connectivity index (χ4v) is 1.88. The maximum atomic E-state index is 13.0. The number of pyridine rings is 1. The predicted octanol–water partition coefficient (Wildman–Crippen LogP) is 2.08. The van der Waals surface area contributed by atoms with E-state index >= 15 is 0 Å². The van der Waals surface area contributed by atoms with Gasteiger partial charge in [-0.3, -0.25) is 9.78 Å². The highest BCUT2D eigenvalue weighted by Gasteiger charge is 2.09. The molecule has 2 rings (SSSR count). The first-order valence-electron chi connectivity index (χ1n) is 6.31. The second kappa shape index (κ2) is 6.14. The molecule has 104 valence electrons. The van der Waals surface area contributed by atoms with Gasteiger partial charge in [-0.25, -0.2) is 4.39 Å². The summed E-state index contributed by atoms with van der Waals surface area (Å²) in [5.74, 6) is -0.549. The molecule has 3 N–H and O–H groups in total. The molecule has 0 fully saturated rings. The van der Waals surface area contributed by atoms with Crippen molar-refractivity contribution < 1.29 is 9.18 Å². The van der Waals surface area contributed by atoms with E-state index in [1.807, 2.05) is 13.0 Å². The minimum Gasteiger partial charge on any atom is -0.398 e. The average Bonchev–Trinajstić information content (AvgIpc) is 2.38. The number of carbonyl (C=O) groups is 1. The van der Waals surface area contributed by atoms with Crippen molar-refractivity contribution in [2.24, 2.45) is 0 Å². The van der Waals surface area contributed by atoms with Gasteiger partial charge in [0.05, 0.1) is 5.56 Å². The highest BCUT2D eigenvalue weighted by Crippen LogP contribution is 2.11. The Morgan fingerprint density at radius 3 is 2.90 bits per heavy atom. The van der Waals surface area contributed by atoms with E-state index in [-0.39, 0.29) is 11.7 Å². The SMILES string of the molecule is Cc1cc(N)c(C(=O)NCCc2cccc(F)c2)cn1. The van der Waals surface area contributed by atoms with E-state index in [0.29, 0.717) is 24.2 Å².